The fraction of sp³-hybridized carbons (Fsp3) is 0.182. The summed E-state index contributed by atoms with van der Waals surface area (Å²) < 4.78 is 0. The Kier molecular flexibility index (Phi) is 3.89. The Morgan fingerprint density at radius 3 is 2.60 bits per heavy atom. The van der Waals surface area contributed by atoms with Crippen molar-refractivity contribution in [3.05, 3.63) is 49.5 Å². The van der Waals surface area contributed by atoms with Crippen LogP contribution in [0.2, 0.25) is 0 Å². The number of rotatable bonds is 5. The second-order valence-electron chi connectivity index (χ2n) is 3.83. The number of thiazole rings is 1. The maximum Gasteiger partial charge on any atom is 0.299 e. The van der Waals surface area contributed by atoms with Gasteiger partial charge in [-0.25, -0.2) is 4.98 Å². The van der Waals surface area contributed by atoms with Crippen LogP contribution >= 0.6 is 11.3 Å². The third kappa shape index (κ3) is 2.88. The van der Waals surface area contributed by atoms with E-state index < -0.39 is 9.85 Å². The first-order valence-corrected chi connectivity index (χ1v) is 6.47. The molecular weight excluding hydrogens is 284 g/mol. The van der Waals surface area contributed by atoms with Gasteiger partial charge >= 0.3 is 0 Å². The quantitative estimate of drug-likeness (QED) is 0.669. The van der Waals surface area contributed by atoms with Crippen LogP contribution in [0.5, 0.6) is 0 Å². The topological polar surface area (TPSA) is 111 Å². The van der Waals surface area contributed by atoms with Gasteiger partial charge in [0, 0.05) is 17.1 Å². The summed E-state index contributed by atoms with van der Waals surface area (Å²) in [5.74, 6) is 0. The third-order valence-electron chi connectivity index (χ3n) is 2.53. The highest BCUT2D eigenvalue weighted by Crippen LogP contribution is 2.32. The average molecular weight is 294 g/mol. The normalized spacial score (nSPS) is 10.2. The Hall–Kier alpha value is -2.55. The molecule has 20 heavy (non-hydrogen) atoms. The minimum atomic E-state index is -0.671. The number of nitrogens with zero attached hydrogens (tertiary/aromatic N) is 3. The van der Waals surface area contributed by atoms with Crippen molar-refractivity contribution in [3.63, 3.8) is 0 Å². The van der Waals surface area contributed by atoms with Crippen molar-refractivity contribution >= 4 is 33.5 Å². The lowest BCUT2D eigenvalue weighted by atomic mass is 10.2. The van der Waals surface area contributed by atoms with E-state index in [0.29, 0.717) is 5.13 Å². The van der Waals surface area contributed by atoms with E-state index in [2.05, 4.69) is 10.3 Å². The maximum absolute atomic E-state index is 11.0. The van der Waals surface area contributed by atoms with Crippen molar-refractivity contribution in [3.8, 4) is 0 Å². The lowest BCUT2D eigenvalue weighted by Gasteiger charge is -2.03. The van der Waals surface area contributed by atoms with Crippen molar-refractivity contribution in [2.75, 3.05) is 5.32 Å². The predicted octanol–water partition coefficient (Wildman–Crippen LogP) is 3.27. The van der Waals surface area contributed by atoms with E-state index >= 15 is 0 Å². The molecule has 0 amide bonds. The fourth-order valence-corrected chi connectivity index (χ4v) is 2.30. The van der Waals surface area contributed by atoms with Gasteiger partial charge in [0.2, 0.25) is 0 Å². The number of aromatic nitrogens is 1. The molecule has 0 aliphatic rings. The summed E-state index contributed by atoms with van der Waals surface area (Å²) in [6.45, 7) is 1.98. The predicted molar refractivity (Wildman–Crippen MR) is 74.5 cm³/mol. The number of nitro benzene ring substituents is 2. The molecule has 8 nitrogen and oxygen atoms in total. The van der Waals surface area contributed by atoms with Gasteiger partial charge in [0.15, 0.2) is 5.13 Å². The molecule has 0 aliphatic carbocycles. The van der Waals surface area contributed by atoms with E-state index in [1.807, 2.05) is 6.92 Å². The molecule has 0 fully saturated rings. The number of aryl methyl sites for hydroxylation is 1. The number of anilines is 2. The van der Waals surface area contributed by atoms with Gasteiger partial charge in [0.1, 0.15) is 5.69 Å². The van der Waals surface area contributed by atoms with E-state index in [4.69, 9.17) is 0 Å². The van der Waals surface area contributed by atoms with Crippen LogP contribution in [0.15, 0.2) is 24.4 Å². The first-order valence-electron chi connectivity index (χ1n) is 5.65. The monoisotopic (exact) mass is 294 g/mol. The summed E-state index contributed by atoms with van der Waals surface area (Å²) in [6.07, 6.45) is 2.51. The molecule has 0 bridgehead atoms. The van der Waals surface area contributed by atoms with E-state index in [1.54, 1.807) is 6.20 Å². The zero-order valence-corrected chi connectivity index (χ0v) is 11.2. The van der Waals surface area contributed by atoms with Crippen molar-refractivity contribution < 1.29 is 9.85 Å². The molecule has 2 aromatic rings. The van der Waals surface area contributed by atoms with Gasteiger partial charge in [-0.1, -0.05) is 6.92 Å². The van der Waals surface area contributed by atoms with Crippen LogP contribution in [0.4, 0.5) is 22.2 Å². The SMILES string of the molecule is CCc1cnc(Nc2ccc([N+](=O)[O-])cc2[N+](=O)[O-])s1. The molecule has 1 aromatic heterocycles. The summed E-state index contributed by atoms with van der Waals surface area (Å²) in [5, 5.41) is 24.9. The molecule has 104 valence electrons. The number of non-ortho nitro benzene ring substituents is 1. The van der Waals surface area contributed by atoms with Crippen LogP contribution in [-0.2, 0) is 6.42 Å². The summed E-state index contributed by atoms with van der Waals surface area (Å²) in [6, 6.07) is 3.45. The van der Waals surface area contributed by atoms with Crippen LogP contribution < -0.4 is 5.32 Å². The number of hydrogen-bond acceptors (Lipinski definition) is 7. The van der Waals surface area contributed by atoms with Crippen LogP contribution in [0, 0.1) is 20.2 Å². The number of nitrogens with one attached hydrogen (secondary N) is 1. The lowest BCUT2D eigenvalue weighted by Crippen LogP contribution is -1.98. The highest BCUT2D eigenvalue weighted by atomic mass is 32.1. The van der Waals surface area contributed by atoms with Gasteiger partial charge in [0.25, 0.3) is 11.4 Å². The molecule has 0 radical (unpaired) electrons. The van der Waals surface area contributed by atoms with Gasteiger partial charge in [0.05, 0.1) is 15.9 Å². The fourth-order valence-electron chi connectivity index (χ4n) is 1.53. The Morgan fingerprint density at radius 1 is 1.30 bits per heavy atom. The van der Waals surface area contributed by atoms with E-state index in [0.717, 1.165) is 17.4 Å². The zero-order chi connectivity index (χ0) is 14.7. The van der Waals surface area contributed by atoms with Gasteiger partial charge in [-0.3, -0.25) is 20.2 Å². The highest BCUT2D eigenvalue weighted by Gasteiger charge is 2.20. The largest absolute Gasteiger partial charge is 0.326 e. The molecule has 0 unspecified atom stereocenters. The first-order chi connectivity index (χ1) is 9.51. The van der Waals surface area contributed by atoms with Crippen LogP contribution in [0.3, 0.4) is 0 Å². The molecule has 2 rings (SSSR count). The zero-order valence-electron chi connectivity index (χ0n) is 10.4. The standard InChI is InChI=1S/C11H10N4O4S/c1-2-8-6-12-11(20-8)13-9-4-3-7(14(16)17)5-10(9)15(18)19/h3-6H,2H2,1H3,(H,12,13). The summed E-state index contributed by atoms with van der Waals surface area (Å²) >= 11 is 1.38. The van der Waals surface area contributed by atoms with Crippen molar-refractivity contribution in [1.29, 1.82) is 0 Å². The Bertz CT molecular complexity index is 670. The molecule has 0 atom stereocenters. The molecule has 0 spiro atoms. The Morgan fingerprint density at radius 2 is 2.05 bits per heavy atom. The molecule has 0 saturated heterocycles. The van der Waals surface area contributed by atoms with Crippen molar-refractivity contribution in [2.45, 2.75) is 13.3 Å². The molecular formula is C11H10N4O4S. The van der Waals surface area contributed by atoms with Crippen molar-refractivity contribution in [2.24, 2.45) is 0 Å². The summed E-state index contributed by atoms with van der Waals surface area (Å²) in [5.41, 5.74) is -0.499. The highest BCUT2D eigenvalue weighted by molar-refractivity contribution is 7.15. The number of hydrogen-bond donors (Lipinski definition) is 1. The Balaban J connectivity index is 2.35. The van der Waals surface area contributed by atoms with Crippen molar-refractivity contribution in [1.82, 2.24) is 4.98 Å². The second-order valence-corrected chi connectivity index (χ2v) is 4.94. The van der Waals surface area contributed by atoms with Crippen LogP contribution in [0.25, 0.3) is 0 Å². The third-order valence-corrected chi connectivity index (χ3v) is 3.59. The molecule has 1 N–H and O–H groups in total. The van der Waals surface area contributed by atoms with E-state index in [9.17, 15) is 20.2 Å². The molecule has 1 heterocycles. The number of nitro groups is 2. The minimum Gasteiger partial charge on any atom is -0.326 e. The number of benzene rings is 1. The Labute approximate surface area is 117 Å². The van der Waals surface area contributed by atoms with Crippen LogP contribution in [0.1, 0.15) is 11.8 Å². The van der Waals surface area contributed by atoms with Gasteiger partial charge in [-0.05, 0) is 12.5 Å². The minimum absolute atomic E-state index is 0.178. The van der Waals surface area contributed by atoms with Gasteiger partial charge in [-0.2, -0.15) is 0 Å². The summed E-state index contributed by atoms with van der Waals surface area (Å²) in [4.78, 5) is 25.4. The molecule has 9 heteroatoms. The molecule has 0 aliphatic heterocycles. The smallest absolute Gasteiger partial charge is 0.299 e. The first kappa shape index (κ1) is 13.9. The maximum atomic E-state index is 11.0. The summed E-state index contributed by atoms with van der Waals surface area (Å²) in [7, 11) is 0. The second kappa shape index (κ2) is 5.61. The average Bonchev–Trinajstić information content (AvgIpc) is 2.86. The van der Waals surface area contributed by atoms with Crippen LogP contribution in [-0.4, -0.2) is 14.8 Å². The van der Waals surface area contributed by atoms with E-state index in [-0.39, 0.29) is 17.1 Å². The lowest BCUT2D eigenvalue weighted by molar-refractivity contribution is -0.393. The van der Waals surface area contributed by atoms with Gasteiger partial charge in [-0.15, -0.1) is 11.3 Å². The van der Waals surface area contributed by atoms with E-state index in [1.165, 1.54) is 23.5 Å². The molecule has 1 aromatic carbocycles. The molecule has 0 saturated carbocycles. The van der Waals surface area contributed by atoms with Gasteiger partial charge < -0.3 is 5.32 Å².